The first-order valence-electron chi connectivity index (χ1n) is 9.51. The number of hydrazone groups is 1. The fourth-order valence-electron chi connectivity index (χ4n) is 3.27. The van der Waals surface area contributed by atoms with E-state index in [4.69, 9.17) is 0 Å². The van der Waals surface area contributed by atoms with E-state index >= 15 is 0 Å². The number of aryl methyl sites for hydroxylation is 2. The summed E-state index contributed by atoms with van der Waals surface area (Å²) in [5, 5.41) is 4.27. The third kappa shape index (κ3) is 3.55. The van der Waals surface area contributed by atoms with Gasteiger partial charge in [0.05, 0.1) is 12.8 Å². The highest BCUT2D eigenvalue weighted by molar-refractivity contribution is 5.80. The summed E-state index contributed by atoms with van der Waals surface area (Å²) >= 11 is 0. The molecule has 0 atom stereocenters. The lowest BCUT2D eigenvalue weighted by Crippen LogP contribution is -2.37. The van der Waals surface area contributed by atoms with Gasteiger partial charge in [-0.15, -0.1) is 0 Å². The van der Waals surface area contributed by atoms with Gasteiger partial charge < -0.3 is 0 Å². The molecule has 152 valence electrons. The zero-order valence-corrected chi connectivity index (χ0v) is 17.0. The van der Waals surface area contributed by atoms with Crippen LogP contribution in [0.5, 0.6) is 0 Å². The lowest BCUT2D eigenvalue weighted by Gasteiger charge is -2.09. The summed E-state index contributed by atoms with van der Waals surface area (Å²) in [4.78, 5) is 29.8. The van der Waals surface area contributed by atoms with Crippen LogP contribution >= 0.6 is 0 Å². The van der Waals surface area contributed by atoms with Gasteiger partial charge in [0.1, 0.15) is 0 Å². The Kier molecular flexibility index (Phi) is 5.05. The van der Waals surface area contributed by atoms with Gasteiger partial charge >= 0.3 is 5.69 Å². The van der Waals surface area contributed by atoms with Crippen LogP contribution < -0.4 is 16.7 Å². The largest absolute Gasteiger partial charge is 0.332 e. The van der Waals surface area contributed by atoms with Crippen LogP contribution in [-0.2, 0) is 20.6 Å². The van der Waals surface area contributed by atoms with Crippen LogP contribution in [0.4, 0.5) is 5.95 Å². The van der Waals surface area contributed by atoms with Gasteiger partial charge in [0.25, 0.3) is 5.56 Å². The van der Waals surface area contributed by atoms with Crippen molar-refractivity contribution in [1.29, 1.82) is 0 Å². The lowest BCUT2D eigenvalue weighted by atomic mass is 10.1. The molecule has 0 fully saturated rings. The molecule has 0 radical (unpaired) electrons. The number of anilines is 1. The van der Waals surface area contributed by atoms with E-state index in [1.807, 2.05) is 61.5 Å². The van der Waals surface area contributed by atoms with Gasteiger partial charge in [-0.2, -0.15) is 10.1 Å². The Labute approximate surface area is 172 Å². The second-order valence-electron chi connectivity index (χ2n) is 7.17. The summed E-state index contributed by atoms with van der Waals surface area (Å²) in [6, 6.07) is 17.7. The maximum absolute atomic E-state index is 12.9. The third-order valence-corrected chi connectivity index (χ3v) is 4.99. The Bertz CT molecular complexity index is 1350. The molecule has 0 aliphatic rings. The zero-order chi connectivity index (χ0) is 21.3. The minimum absolute atomic E-state index is 0.313. The molecule has 0 unspecified atom stereocenters. The summed E-state index contributed by atoms with van der Waals surface area (Å²) in [6.45, 7) is 2.43. The molecule has 4 aromatic rings. The number of rotatable bonds is 5. The van der Waals surface area contributed by atoms with Gasteiger partial charge in [-0.1, -0.05) is 60.2 Å². The van der Waals surface area contributed by atoms with Gasteiger partial charge in [0.15, 0.2) is 11.2 Å². The standard InChI is InChI=1S/C22H22N6O2/c1-15-9-11-17(12-10-15)14-28-18-19(26(2)22(30)27(3)20(18)29)24-21(28)25-23-13-16-7-5-4-6-8-16/h4-13H,14H2,1-3H3,(H,24,25). The van der Waals surface area contributed by atoms with Crippen molar-refractivity contribution in [3.05, 3.63) is 92.1 Å². The van der Waals surface area contributed by atoms with Crippen molar-refractivity contribution in [2.75, 3.05) is 5.43 Å². The highest BCUT2D eigenvalue weighted by Crippen LogP contribution is 2.18. The van der Waals surface area contributed by atoms with Crippen molar-refractivity contribution in [2.45, 2.75) is 13.5 Å². The summed E-state index contributed by atoms with van der Waals surface area (Å²) < 4.78 is 4.21. The van der Waals surface area contributed by atoms with Crippen molar-refractivity contribution >= 4 is 23.3 Å². The number of fused-ring (bicyclic) bond motifs is 1. The Hall–Kier alpha value is -3.94. The van der Waals surface area contributed by atoms with Gasteiger partial charge in [-0.25, -0.2) is 10.2 Å². The van der Waals surface area contributed by atoms with E-state index in [-0.39, 0.29) is 0 Å². The van der Waals surface area contributed by atoms with Crippen molar-refractivity contribution in [3.8, 4) is 0 Å². The smallest absolute Gasteiger partial charge is 0.298 e. The fraction of sp³-hybridized carbons (Fsp3) is 0.182. The molecule has 1 N–H and O–H groups in total. The summed E-state index contributed by atoms with van der Waals surface area (Å²) in [6.07, 6.45) is 1.67. The zero-order valence-electron chi connectivity index (χ0n) is 17.0. The Morgan fingerprint density at radius 2 is 1.70 bits per heavy atom. The Morgan fingerprint density at radius 3 is 2.40 bits per heavy atom. The molecule has 0 aliphatic heterocycles. The maximum Gasteiger partial charge on any atom is 0.332 e. The van der Waals surface area contributed by atoms with Crippen LogP contribution in [0, 0.1) is 6.92 Å². The molecule has 2 aromatic carbocycles. The molecule has 30 heavy (non-hydrogen) atoms. The molecule has 0 spiro atoms. The maximum atomic E-state index is 12.9. The molecule has 0 aliphatic carbocycles. The SMILES string of the molecule is Cc1ccc(Cn2c(NN=Cc3ccccc3)nc3c2c(=O)n(C)c(=O)n3C)cc1. The molecule has 4 rings (SSSR count). The molecule has 8 heteroatoms. The lowest BCUT2D eigenvalue weighted by molar-refractivity contribution is 0.702. The average molecular weight is 402 g/mol. The number of aromatic nitrogens is 4. The first kappa shape index (κ1) is 19.4. The van der Waals surface area contributed by atoms with Crippen molar-refractivity contribution in [2.24, 2.45) is 19.2 Å². The fourth-order valence-corrected chi connectivity index (χ4v) is 3.27. The van der Waals surface area contributed by atoms with E-state index < -0.39 is 11.2 Å². The normalized spacial score (nSPS) is 11.4. The van der Waals surface area contributed by atoms with Gasteiger partial charge in [0, 0.05) is 14.1 Å². The van der Waals surface area contributed by atoms with Crippen LogP contribution in [-0.4, -0.2) is 24.9 Å². The first-order valence-corrected chi connectivity index (χ1v) is 9.51. The van der Waals surface area contributed by atoms with E-state index in [0.29, 0.717) is 23.7 Å². The summed E-state index contributed by atoms with van der Waals surface area (Å²) in [5.74, 6) is 0.385. The molecule has 2 heterocycles. The van der Waals surface area contributed by atoms with Crippen LogP contribution in [0.2, 0.25) is 0 Å². The first-order chi connectivity index (χ1) is 14.5. The summed E-state index contributed by atoms with van der Waals surface area (Å²) in [7, 11) is 3.07. The topological polar surface area (TPSA) is 86.2 Å². The van der Waals surface area contributed by atoms with Crippen LogP contribution in [0.1, 0.15) is 16.7 Å². The number of nitrogens with one attached hydrogen (secondary N) is 1. The molecule has 0 saturated heterocycles. The third-order valence-electron chi connectivity index (χ3n) is 4.99. The van der Waals surface area contributed by atoms with Crippen molar-refractivity contribution in [3.63, 3.8) is 0 Å². The number of nitrogens with zero attached hydrogens (tertiary/aromatic N) is 5. The highest BCUT2D eigenvalue weighted by Gasteiger charge is 2.19. The summed E-state index contributed by atoms with van der Waals surface area (Å²) in [5.41, 5.74) is 5.85. The van der Waals surface area contributed by atoms with E-state index in [9.17, 15) is 9.59 Å². The van der Waals surface area contributed by atoms with Gasteiger partial charge in [0.2, 0.25) is 5.95 Å². The molecule has 0 amide bonds. The highest BCUT2D eigenvalue weighted by atomic mass is 16.2. The number of imidazole rings is 1. The second-order valence-corrected chi connectivity index (χ2v) is 7.17. The Morgan fingerprint density at radius 1 is 1.00 bits per heavy atom. The molecule has 8 nitrogen and oxygen atoms in total. The van der Waals surface area contributed by atoms with E-state index in [0.717, 1.165) is 21.3 Å². The van der Waals surface area contributed by atoms with E-state index in [2.05, 4.69) is 15.5 Å². The number of benzene rings is 2. The minimum Gasteiger partial charge on any atom is -0.298 e. The van der Waals surface area contributed by atoms with Crippen LogP contribution in [0.25, 0.3) is 11.2 Å². The Balaban J connectivity index is 1.83. The van der Waals surface area contributed by atoms with Crippen LogP contribution in [0.3, 0.4) is 0 Å². The van der Waals surface area contributed by atoms with Crippen LogP contribution in [0.15, 0.2) is 69.3 Å². The molecule has 0 bridgehead atoms. The quantitative estimate of drug-likeness (QED) is 0.410. The monoisotopic (exact) mass is 402 g/mol. The average Bonchev–Trinajstić information content (AvgIpc) is 3.11. The molecule has 0 saturated carbocycles. The predicted octanol–water partition coefficient (Wildman–Crippen LogP) is 2.24. The van der Waals surface area contributed by atoms with Crippen molar-refractivity contribution in [1.82, 2.24) is 18.7 Å². The van der Waals surface area contributed by atoms with Gasteiger partial charge in [-0.3, -0.25) is 18.5 Å². The molecular weight excluding hydrogens is 380 g/mol. The van der Waals surface area contributed by atoms with E-state index in [1.165, 1.54) is 11.6 Å². The minimum atomic E-state index is -0.424. The predicted molar refractivity (Wildman–Crippen MR) is 118 cm³/mol. The second kappa shape index (κ2) is 7.82. The van der Waals surface area contributed by atoms with Crippen molar-refractivity contribution < 1.29 is 0 Å². The molecular formula is C22H22N6O2. The number of hydrogen-bond acceptors (Lipinski definition) is 5. The number of hydrogen-bond donors (Lipinski definition) is 1. The van der Waals surface area contributed by atoms with E-state index in [1.54, 1.807) is 17.8 Å². The molecule has 2 aromatic heterocycles. The van der Waals surface area contributed by atoms with Gasteiger partial charge in [-0.05, 0) is 18.1 Å².